The third kappa shape index (κ3) is 4.90. The van der Waals surface area contributed by atoms with E-state index >= 15 is 0 Å². The van der Waals surface area contributed by atoms with Gasteiger partial charge >= 0.3 is 0 Å². The fraction of sp³-hybridized carbons (Fsp3) is 0.625. The number of aliphatic hydroxyl groups is 1. The van der Waals surface area contributed by atoms with Crippen LogP contribution in [0.4, 0.5) is 8.78 Å². The summed E-state index contributed by atoms with van der Waals surface area (Å²) in [7, 11) is 0. The SMILES string of the molecule is CCCCCCCCC(O)c1c(F)ccc(C)c1F. The van der Waals surface area contributed by atoms with Crippen LogP contribution in [0.15, 0.2) is 12.1 Å². The molecule has 1 nitrogen and oxygen atoms in total. The summed E-state index contributed by atoms with van der Waals surface area (Å²) in [4.78, 5) is 0. The number of hydrogen-bond acceptors (Lipinski definition) is 1. The van der Waals surface area contributed by atoms with E-state index in [-0.39, 0.29) is 5.56 Å². The number of unbranched alkanes of at least 4 members (excludes halogenated alkanes) is 5. The van der Waals surface area contributed by atoms with Crippen LogP contribution < -0.4 is 0 Å². The van der Waals surface area contributed by atoms with Gasteiger partial charge in [-0.2, -0.15) is 0 Å². The van der Waals surface area contributed by atoms with Gasteiger partial charge in [-0.05, 0) is 25.0 Å². The maximum atomic E-state index is 13.8. The maximum Gasteiger partial charge on any atom is 0.134 e. The quantitative estimate of drug-likeness (QED) is 0.655. The third-order valence-corrected chi connectivity index (χ3v) is 3.48. The minimum Gasteiger partial charge on any atom is -0.388 e. The zero-order valence-electron chi connectivity index (χ0n) is 11.9. The summed E-state index contributed by atoms with van der Waals surface area (Å²) in [5.74, 6) is -1.26. The molecule has 0 saturated heterocycles. The number of aliphatic hydroxyl groups excluding tert-OH is 1. The Balaban J connectivity index is 2.45. The molecule has 1 aromatic rings. The molecule has 0 aliphatic rings. The number of aryl methyl sites for hydroxylation is 1. The molecule has 1 atom stereocenters. The van der Waals surface area contributed by atoms with Crippen LogP contribution in [0.1, 0.15) is 69.1 Å². The van der Waals surface area contributed by atoms with E-state index in [9.17, 15) is 13.9 Å². The fourth-order valence-corrected chi connectivity index (χ4v) is 2.25. The predicted octanol–water partition coefficient (Wildman–Crippen LogP) is 5.06. The zero-order chi connectivity index (χ0) is 14.3. The van der Waals surface area contributed by atoms with Crippen molar-refractivity contribution in [3.8, 4) is 0 Å². The Labute approximate surface area is 114 Å². The van der Waals surface area contributed by atoms with Crippen molar-refractivity contribution in [2.45, 2.75) is 64.9 Å². The highest BCUT2D eigenvalue weighted by atomic mass is 19.1. The van der Waals surface area contributed by atoms with Crippen molar-refractivity contribution >= 4 is 0 Å². The van der Waals surface area contributed by atoms with Crippen LogP contribution in [-0.4, -0.2) is 5.11 Å². The molecule has 1 aromatic carbocycles. The summed E-state index contributed by atoms with van der Waals surface area (Å²) in [5, 5.41) is 9.93. The van der Waals surface area contributed by atoms with Gasteiger partial charge in [-0.3, -0.25) is 0 Å². The minimum atomic E-state index is -1.04. The molecule has 0 aliphatic carbocycles. The smallest absolute Gasteiger partial charge is 0.134 e. The molecular formula is C16H24F2O. The number of rotatable bonds is 8. The highest BCUT2D eigenvalue weighted by Crippen LogP contribution is 2.27. The van der Waals surface area contributed by atoms with E-state index in [0.717, 1.165) is 19.3 Å². The van der Waals surface area contributed by atoms with Crippen molar-refractivity contribution in [2.24, 2.45) is 0 Å². The van der Waals surface area contributed by atoms with Gasteiger partial charge in [0.2, 0.25) is 0 Å². The first-order chi connectivity index (χ1) is 9.07. The molecule has 0 heterocycles. The second kappa shape index (κ2) is 8.26. The van der Waals surface area contributed by atoms with Gasteiger partial charge in [-0.15, -0.1) is 0 Å². The van der Waals surface area contributed by atoms with E-state index in [2.05, 4.69) is 6.92 Å². The number of halogens is 2. The van der Waals surface area contributed by atoms with Crippen LogP contribution in [0, 0.1) is 18.6 Å². The fourth-order valence-electron chi connectivity index (χ4n) is 2.25. The first-order valence-corrected chi connectivity index (χ1v) is 7.20. The van der Waals surface area contributed by atoms with Crippen LogP contribution in [0.5, 0.6) is 0 Å². The Morgan fingerprint density at radius 3 is 2.37 bits per heavy atom. The molecular weight excluding hydrogens is 246 g/mol. The van der Waals surface area contributed by atoms with Crippen molar-refractivity contribution in [1.29, 1.82) is 0 Å². The van der Waals surface area contributed by atoms with Crippen molar-refractivity contribution in [2.75, 3.05) is 0 Å². The molecule has 0 bridgehead atoms. The van der Waals surface area contributed by atoms with Crippen molar-refractivity contribution in [1.82, 2.24) is 0 Å². The highest BCUT2D eigenvalue weighted by molar-refractivity contribution is 5.28. The van der Waals surface area contributed by atoms with Gasteiger partial charge in [0.1, 0.15) is 11.6 Å². The van der Waals surface area contributed by atoms with Crippen LogP contribution in [-0.2, 0) is 0 Å². The minimum absolute atomic E-state index is 0.173. The summed E-state index contributed by atoms with van der Waals surface area (Å²) in [6, 6.07) is 2.61. The normalized spacial score (nSPS) is 12.7. The lowest BCUT2D eigenvalue weighted by Gasteiger charge is -2.14. The lowest BCUT2D eigenvalue weighted by molar-refractivity contribution is 0.153. The van der Waals surface area contributed by atoms with Crippen LogP contribution in [0.25, 0.3) is 0 Å². The Bertz CT molecular complexity index is 391. The summed E-state index contributed by atoms with van der Waals surface area (Å²) in [5.41, 5.74) is 0.201. The molecule has 1 N–H and O–H groups in total. The summed E-state index contributed by atoms with van der Waals surface area (Å²) in [6.45, 7) is 3.74. The van der Waals surface area contributed by atoms with Crippen molar-refractivity contribution in [3.63, 3.8) is 0 Å². The predicted molar refractivity (Wildman–Crippen MR) is 74.0 cm³/mol. The molecule has 1 unspecified atom stereocenters. The summed E-state index contributed by atoms with van der Waals surface area (Å²) < 4.78 is 27.3. The largest absolute Gasteiger partial charge is 0.388 e. The molecule has 3 heteroatoms. The lowest BCUT2D eigenvalue weighted by atomic mass is 9.99. The van der Waals surface area contributed by atoms with Crippen LogP contribution in [0.2, 0.25) is 0 Å². The second-order valence-electron chi connectivity index (χ2n) is 5.16. The topological polar surface area (TPSA) is 20.2 Å². The van der Waals surface area contributed by atoms with Gasteiger partial charge < -0.3 is 5.11 Å². The molecule has 0 fully saturated rings. The Morgan fingerprint density at radius 1 is 1.05 bits per heavy atom. The maximum absolute atomic E-state index is 13.8. The van der Waals surface area contributed by atoms with Crippen LogP contribution in [0.3, 0.4) is 0 Å². The zero-order valence-corrected chi connectivity index (χ0v) is 11.9. The van der Waals surface area contributed by atoms with Crippen molar-refractivity contribution < 1.29 is 13.9 Å². The molecule has 0 amide bonds. The molecule has 0 radical (unpaired) electrons. The molecule has 0 saturated carbocycles. The van der Waals surface area contributed by atoms with E-state index in [1.165, 1.54) is 31.4 Å². The van der Waals surface area contributed by atoms with Gasteiger partial charge in [0.05, 0.1) is 11.7 Å². The lowest BCUT2D eigenvalue weighted by Crippen LogP contribution is -2.05. The van der Waals surface area contributed by atoms with Gasteiger partial charge in [-0.25, -0.2) is 8.78 Å². The molecule has 0 spiro atoms. The Kier molecular flexibility index (Phi) is 7.00. The highest BCUT2D eigenvalue weighted by Gasteiger charge is 2.18. The third-order valence-electron chi connectivity index (χ3n) is 3.48. The van der Waals surface area contributed by atoms with E-state index in [1.807, 2.05) is 0 Å². The van der Waals surface area contributed by atoms with E-state index < -0.39 is 17.7 Å². The van der Waals surface area contributed by atoms with Crippen molar-refractivity contribution in [3.05, 3.63) is 34.9 Å². The molecule has 1 rings (SSSR count). The van der Waals surface area contributed by atoms with Crippen LogP contribution >= 0.6 is 0 Å². The molecule has 108 valence electrons. The number of benzene rings is 1. The Hall–Kier alpha value is -0.960. The van der Waals surface area contributed by atoms with E-state index in [4.69, 9.17) is 0 Å². The van der Waals surface area contributed by atoms with E-state index in [1.54, 1.807) is 6.92 Å². The average molecular weight is 270 g/mol. The van der Waals surface area contributed by atoms with Gasteiger partial charge in [0, 0.05) is 0 Å². The average Bonchev–Trinajstić information content (AvgIpc) is 2.38. The first-order valence-electron chi connectivity index (χ1n) is 7.20. The summed E-state index contributed by atoms with van der Waals surface area (Å²) in [6.07, 6.45) is 5.93. The molecule has 19 heavy (non-hydrogen) atoms. The summed E-state index contributed by atoms with van der Waals surface area (Å²) >= 11 is 0. The molecule has 0 aromatic heterocycles. The second-order valence-corrected chi connectivity index (χ2v) is 5.16. The number of hydrogen-bond donors (Lipinski definition) is 1. The van der Waals surface area contributed by atoms with Gasteiger partial charge in [0.25, 0.3) is 0 Å². The standard InChI is InChI=1S/C16H24F2O/c1-3-4-5-6-7-8-9-14(19)15-13(17)11-10-12(2)16(15)18/h10-11,14,19H,3-9H2,1-2H3. The van der Waals surface area contributed by atoms with Gasteiger partial charge in [-0.1, -0.05) is 51.5 Å². The van der Waals surface area contributed by atoms with Gasteiger partial charge in [0.15, 0.2) is 0 Å². The monoisotopic (exact) mass is 270 g/mol. The Morgan fingerprint density at radius 2 is 1.68 bits per heavy atom. The van der Waals surface area contributed by atoms with E-state index in [0.29, 0.717) is 12.0 Å². The molecule has 0 aliphatic heterocycles. The first kappa shape index (κ1) is 16.1.